The molecule has 0 amide bonds. The predicted octanol–water partition coefficient (Wildman–Crippen LogP) is 1.92. The molecule has 0 spiro atoms. The van der Waals surface area contributed by atoms with E-state index in [-0.39, 0.29) is 23.3 Å². The van der Waals surface area contributed by atoms with E-state index in [0.717, 1.165) is 0 Å². The lowest BCUT2D eigenvalue weighted by molar-refractivity contribution is -0.125. The minimum atomic E-state index is -0.344. The Morgan fingerprint density at radius 2 is 2.06 bits per heavy atom. The zero-order valence-electron chi connectivity index (χ0n) is 10.4. The van der Waals surface area contributed by atoms with E-state index in [9.17, 15) is 14.0 Å². The topological polar surface area (TPSA) is 37.4 Å². The predicted molar refractivity (Wildman–Crippen MR) is 66.0 cm³/mol. The van der Waals surface area contributed by atoms with Crippen molar-refractivity contribution < 1.29 is 14.0 Å². The van der Waals surface area contributed by atoms with Gasteiger partial charge in [0.25, 0.3) is 0 Å². The monoisotopic (exact) mass is 249 g/mol. The van der Waals surface area contributed by atoms with Gasteiger partial charge in [-0.3, -0.25) is 14.5 Å². The van der Waals surface area contributed by atoms with E-state index in [2.05, 4.69) is 0 Å². The highest BCUT2D eigenvalue weighted by Gasteiger charge is 2.24. The van der Waals surface area contributed by atoms with E-state index in [1.165, 1.54) is 24.3 Å². The zero-order chi connectivity index (χ0) is 13.1. The molecule has 18 heavy (non-hydrogen) atoms. The summed E-state index contributed by atoms with van der Waals surface area (Å²) in [4.78, 5) is 25.3. The Bertz CT molecular complexity index is 455. The summed E-state index contributed by atoms with van der Waals surface area (Å²) in [5.74, 6) is -0.111. The summed E-state index contributed by atoms with van der Waals surface area (Å²) in [7, 11) is 0. The molecule has 3 nitrogen and oxygen atoms in total. The molecule has 1 saturated heterocycles. The Balaban J connectivity index is 1.95. The Morgan fingerprint density at radius 3 is 2.67 bits per heavy atom. The van der Waals surface area contributed by atoms with Crippen molar-refractivity contribution in [3.63, 3.8) is 0 Å². The second-order valence-corrected chi connectivity index (χ2v) is 4.78. The maximum absolute atomic E-state index is 12.7. The second-order valence-electron chi connectivity index (χ2n) is 4.78. The van der Waals surface area contributed by atoms with Gasteiger partial charge in [-0.25, -0.2) is 4.39 Å². The molecule has 1 aromatic rings. The van der Waals surface area contributed by atoms with Crippen LogP contribution in [0, 0.1) is 11.7 Å². The molecule has 1 atom stereocenters. The van der Waals surface area contributed by atoms with E-state index in [4.69, 9.17) is 0 Å². The van der Waals surface area contributed by atoms with Crippen molar-refractivity contribution in [1.82, 2.24) is 4.90 Å². The molecular weight excluding hydrogens is 233 g/mol. The fourth-order valence-corrected chi connectivity index (χ4v) is 2.17. The smallest absolute Gasteiger partial charge is 0.176 e. The molecule has 96 valence electrons. The molecule has 1 unspecified atom stereocenters. The summed E-state index contributed by atoms with van der Waals surface area (Å²) in [5, 5.41) is 0. The van der Waals surface area contributed by atoms with Crippen molar-refractivity contribution in [2.24, 2.45) is 5.92 Å². The second kappa shape index (κ2) is 5.40. The minimum Gasteiger partial charge on any atom is -0.299 e. The molecule has 0 N–H and O–H groups in total. The van der Waals surface area contributed by atoms with Gasteiger partial charge in [0.1, 0.15) is 11.6 Å². The Labute approximate surface area is 106 Å². The first-order chi connectivity index (χ1) is 8.56. The quantitative estimate of drug-likeness (QED) is 0.768. The number of piperidine rings is 1. The molecule has 0 radical (unpaired) electrons. The molecule has 0 saturated carbocycles. The lowest BCUT2D eigenvalue weighted by Crippen LogP contribution is -2.42. The molecule has 1 aliphatic rings. The Kier molecular flexibility index (Phi) is 3.87. The third kappa shape index (κ3) is 3.01. The first-order valence-corrected chi connectivity index (χ1v) is 6.10. The molecule has 0 bridgehead atoms. The largest absolute Gasteiger partial charge is 0.299 e. The summed E-state index contributed by atoms with van der Waals surface area (Å²) in [6.45, 7) is 3.45. The van der Waals surface area contributed by atoms with Gasteiger partial charge in [-0.05, 0) is 24.3 Å². The van der Waals surface area contributed by atoms with Crippen molar-refractivity contribution in [2.75, 3.05) is 19.6 Å². The molecule has 0 aliphatic carbocycles. The number of hydrogen-bond acceptors (Lipinski definition) is 3. The zero-order valence-corrected chi connectivity index (χ0v) is 10.4. The lowest BCUT2D eigenvalue weighted by atomic mass is 9.98. The van der Waals surface area contributed by atoms with Crippen LogP contribution >= 0.6 is 0 Å². The van der Waals surface area contributed by atoms with Crippen LogP contribution in [-0.4, -0.2) is 36.1 Å². The first-order valence-electron chi connectivity index (χ1n) is 6.10. The summed E-state index contributed by atoms with van der Waals surface area (Å²) in [6.07, 6.45) is 0.512. The molecule has 0 aromatic heterocycles. The van der Waals surface area contributed by atoms with Gasteiger partial charge in [0.05, 0.1) is 6.54 Å². The first kappa shape index (κ1) is 12.9. The highest BCUT2D eigenvalue weighted by Crippen LogP contribution is 2.13. The van der Waals surface area contributed by atoms with Crippen molar-refractivity contribution in [3.05, 3.63) is 35.6 Å². The normalized spacial score (nSPS) is 21.0. The standard InChI is InChI=1S/C14H16FNO2/c1-10-8-16(7-6-13(10)17)9-14(18)11-2-4-12(15)5-3-11/h2-5,10H,6-9H2,1H3. The van der Waals surface area contributed by atoms with Gasteiger partial charge in [-0.15, -0.1) is 0 Å². The van der Waals surface area contributed by atoms with Gasteiger partial charge in [0.15, 0.2) is 5.78 Å². The number of carbonyl (C=O) groups is 2. The maximum Gasteiger partial charge on any atom is 0.176 e. The van der Waals surface area contributed by atoms with Crippen molar-refractivity contribution in [2.45, 2.75) is 13.3 Å². The van der Waals surface area contributed by atoms with Crippen LogP contribution in [0.1, 0.15) is 23.7 Å². The number of rotatable bonds is 3. The van der Waals surface area contributed by atoms with Crippen LogP contribution in [0.25, 0.3) is 0 Å². The molecular formula is C14H16FNO2. The van der Waals surface area contributed by atoms with Gasteiger partial charge < -0.3 is 0 Å². The molecule has 4 heteroatoms. The number of nitrogens with zero attached hydrogens (tertiary/aromatic N) is 1. The third-order valence-corrected chi connectivity index (χ3v) is 3.29. The maximum atomic E-state index is 12.7. The highest BCUT2D eigenvalue weighted by atomic mass is 19.1. The van der Waals surface area contributed by atoms with E-state index in [1.54, 1.807) is 0 Å². The summed E-state index contributed by atoms with van der Waals surface area (Å²) < 4.78 is 12.7. The Hall–Kier alpha value is -1.55. The number of benzene rings is 1. The fourth-order valence-electron chi connectivity index (χ4n) is 2.17. The summed E-state index contributed by atoms with van der Waals surface area (Å²) >= 11 is 0. The number of hydrogen-bond donors (Lipinski definition) is 0. The van der Waals surface area contributed by atoms with E-state index in [0.29, 0.717) is 31.6 Å². The van der Waals surface area contributed by atoms with Crippen molar-refractivity contribution in [1.29, 1.82) is 0 Å². The van der Waals surface area contributed by atoms with Crippen LogP contribution in [0.3, 0.4) is 0 Å². The van der Waals surface area contributed by atoms with Crippen LogP contribution in [-0.2, 0) is 4.79 Å². The van der Waals surface area contributed by atoms with Crippen LogP contribution in [0.15, 0.2) is 24.3 Å². The fraction of sp³-hybridized carbons (Fsp3) is 0.429. The molecule has 2 rings (SSSR count). The molecule has 1 aliphatic heterocycles. The van der Waals surface area contributed by atoms with Crippen LogP contribution in [0.4, 0.5) is 4.39 Å². The Morgan fingerprint density at radius 1 is 1.39 bits per heavy atom. The average Bonchev–Trinajstić information content (AvgIpc) is 2.34. The average molecular weight is 249 g/mol. The SMILES string of the molecule is CC1CN(CC(=O)c2ccc(F)cc2)CCC1=O. The minimum absolute atomic E-state index is 0.000215. The number of likely N-dealkylation sites (tertiary alicyclic amines) is 1. The highest BCUT2D eigenvalue weighted by molar-refractivity contribution is 5.97. The van der Waals surface area contributed by atoms with Crippen LogP contribution in [0.2, 0.25) is 0 Å². The number of carbonyl (C=O) groups excluding carboxylic acids is 2. The summed E-state index contributed by atoms with van der Waals surface area (Å²) in [6, 6.07) is 5.57. The van der Waals surface area contributed by atoms with Gasteiger partial charge in [-0.1, -0.05) is 6.92 Å². The third-order valence-electron chi connectivity index (χ3n) is 3.29. The number of ketones is 2. The molecule has 1 aromatic carbocycles. The number of halogens is 1. The van der Waals surface area contributed by atoms with Crippen LogP contribution < -0.4 is 0 Å². The van der Waals surface area contributed by atoms with Crippen molar-refractivity contribution >= 4 is 11.6 Å². The van der Waals surface area contributed by atoms with E-state index < -0.39 is 0 Å². The number of Topliss-reactive ketones (excluding diaryl/α,β-unsaturated/α-hetero) is 2. The van der Waals surface area contributed by atoms with Gasteiger partial charge in [-0.2, -0.15) is 0 Å². The van der Waals surface area contributed by atoms with E-state index >= 15 is 0 Å². The van der Waals surface area contributed by atoms with Gasteiger partial charge >= 0.3 is 0 Å². The molecule has 1 fully saturated rings. The van der Waals surface area contributed by atoms with Gasteiger partial charge in [0, 0.05) is 31.0 Å². The summed E-state index contributed by atoms with van der Waals surface area (Å²) in [5.41, 5.74) is 0.515. The van der Waals surface area contributed by atoms with Crippen molar-refractivity contribution in [3.8, 4) is 0 Å². The van der Waals surface area contributed by atoms with Gasteiger partial charge in [0.2, 0.25) is 0 Å². The van der Waals surface area contributed by atoms with Crippen LogP contribution in [0.5, 0.6) is 0 Å². The molecule has 1 heterocycles. The van der Waals surface area contributed by atoms with E-state index in [1.807, 2.05) is 11.8 Å². The lowest BCUT2D eigenvalue weighted by Gasteiger charge is -2.29.